The molecule has 2 amide bonds. The highest BCUT2D eigenvalue weighted by molar-refractivity contribution is 6.07. The first-order valence-electron chi connectivity index (χ1n) is 9.88. The first kappa shape index (κ1) is 21.1. The summed E-state index contributed by atoms with van der Waals surface area (Å²) in [6, 6.07) is 5.48. The van der Waals surface area contributed by atoms with Crippen molar-refractivity contribution in [1.29, 1.82) is 0 Å². The molecule has 0 aliphatic carbocycles. The van der Waals surface area contributed by atoms with Crippen molar-refractivity contribution in [3.8, 4) is 5.75 Å². The van der Waals surface area contributed by atoms with Crippen molar-refractivity contribution in [2.45, 2.75) is 13.3 Å². The van der Waals surface area contributed by atoms with Crippen LogP contribution < -0.4 is 10.1 Å². The summed E-state index contributed by atoms with van der Waals surface area (Å²) in [5.74, 6) is 1.26. The zero-order valence-corrected chi connectivity index (χ0v) is 17.3. The monoisotopic (exact) mass is 403 g/mol. The van der Waals surface area contributed by atoms with E-state index in [0.717, 1.165) is 11.8 Å². The van der Waals surface area contributed by atoms with E-state index in [2.05, 4.69) is 10.2 Å². The van der Waals surface area contributed by atoms with Crippen LogP contribution >= 0.6 is 0 Å². The smallest absolute Gasteiger partial charge is 0.258 e. The molecule has 1 fully saturated rings. The predicted octanol–water partition coefficient (Wildman–Crippen LogP) is 1.66. The fourth-order valence-electron chi connectivity index (χ4n) is 3.56. The van der Waals surface area contributed by atoms with Crippen LogP contribution in [0.2, 0.25) is 0 Å². The van der Waals surface area contributed by atoms with E-state index in [1.807, 2.05) is 30.0 Å². The number of aryl methyl sites for hydroxylation is 1. The molecule has 1 aliphatic heterocycles. The highest BCUT2D eigenvalue weighted by Gasteiger charge is 2.27. The Morgan fingerprint density at radius 3 is 2.62 bits per heavy atom. The largest absolute Gasteiger partial charge is 0.497 e. The third-order valence-corrected chi connectivity index (χ3v) is 5.16. The summed E-state index contributed by atoms with van der Waals surface area (Å²) in [5.41, 5.74) is 1.26. The normalized spacial score (nSPS) is 14.9. The summed E-state index contributed by atoms with van der Waals surface area (Å²) < 4.78 is 16.0. The number of methoxy groups -OCH3 is 2. The van der Waals surface area contributed by atoms with Crippen molar-refractivity contribution in [3.63, 3.8) is 0 Å². The minimum atomic E-state index is -0.0434. The number of hydrogen-bond acceptors (Lipinski definition) is 6. The molecule has 2 aromatic rings. The zero-order chi connectivity index (χ0) is 20.8. The maximum Gasteiger partial charge on any atom is 0.258 e. The van der Waals surface area contributed by atoms with Gasteiger partial charge in [-0.25, -0.2) is 0 Å². The molecule has 1 aromatic carbocycles. The molecule has 3 rings (SSSR count). The van der Waals surface area contributed by atoms with E-state index in [1.54, 1.807) is 14.2 Å². The Morgan fingerprint density at radius 2 is 1.93 bits per heavy atom. The number of carbonyl (C=O) groups is 2. The molecular weight excluding hydrogens is 374 g/mol. The molecule has 2 heterocycles. The van der Waals surface area contributed by atoms with E-state index in [9.17, 15) is 9.59 Å². The third-order valence-electron chi connectivity index (χ3n) is 5.16. The average Bonchev–Trinajstić information content (AvgIpc) is 3.06. The van der Waals surface area contributed by atoms with Crippen molar-refractivity contribution >= 4 is 22.8 Å². The van der Waals surface area contributed by atoms with Gasteiger partial charge in [-0.3, -0.25) is 14.5 Å². The van der Waals surface area contributed by atoms with E-state index in [4.69, 9.17) is 13.9 Å². The van der Waals surface area contributed by atoms with Gasteiger partial charge in [-0.05, 0) is 31.5 Å². The Kier molecular flexibility index (Phi) is 7.11. The van der Waals surface area contributed by atoms with Gasteiger partial charge in [-0.15, -0.1) is 0 Å². The van der Waals surface area contributed by atoms with Gasteiger partial charge in [0.25, 0.3) is 5.91 Å². The summed E-state index contributed by atoms with van der Waals surface area (Å²) in [7, 11) is 3.25. The molecule has 0 unspecified atom stereocenters. The quantitative estimate of drug-likeness (QED) is 0.675. The van der Waals surface area contributed by atoms with E-state index in [0.29, 0.717) is 68.5 Å². The molecule has 0 atom stereocenters. The molecule has 29 heavy (non-hydrogen) atoms. The zero-order valence-electron chi connectivity index (χ0n) is 17.3. The predicted molar refractivity (Wildman–Crippen MR) is 109 cm³/mol. The van der Waals surface area contributed by atoms with Crippen LogP contribution in [0, 0.1) is 6.92 Å². The minimum absolute atomic E-state index is 0.00430. The summed E-state index contributed by atoms with van der Waals surface area (Å²) in [4.78, 5) is 29.1. The van der Waals surface area contributed by atoms with Gasteiger partial charge in [0.1, 0.15) is 17.1 Å². The Hall–Kier alpha value is -2.58. The van der Waals surface area contributed by atoms with Gasteiger partial charge in [-0.2, -0.15) is 0 Å². The first-order valence-corrected chi connectivity index (χ1v) is 9.88. The molecule has 1 aromatic heterocycles. The van der Waals surface area contributed by atoms with Gasteiger partial charge in [0.05, 0.1) is 19.2 Å². The molecular formula is C21H29N3O5. The number of fused-ring (bicyclic) bond motifs is 1. The summed E-state index contributed by atoms with van der Waals surface area (Å²) >= 11 is 0. The van der Waals surface area contributed by atoms with Crippen molar-refractivity contribution in [1.82, 2.24) is 15.1 Å². The van der Waals surface area contributed by atoms with Crippen LogP contribution in [0.4, 0.5) is 0 Å². The molecule has 0 bridgehead atoms. The topological polar surface area (TPSA) is 84.3 Å². The summed E-state index contributed by atoms with van der Waals surface area (Å²) in [5, 5.41) is 3.66. The summed E-state index contributed by atoms with van der Waals surface area (Å²) in [6.07, 6.45) is 0.799. The SMILES string of the molecule is COCCCNC(=O)CN1CCN(C(=O)c2c(C)oc3ccc(OC)cc23)CC1. The molecule has 0 saturated carbocycles. The number of amides is 2. The fourth-order valence-corrected chi connectivity index (χ4v) is 3.56. The third kappa shape index (κ3) is 5.07. The van der Waals surface area contributed by atoms with E-state index >= 15 is 0 Å². The van der Waals surface area contributed by atoms with Crippen molar-refractivity contribution in [2.75, 3.05) is 60.1 Å². The maximum absolute atomic E-state index is 13.1. The molecule has 1 aliphatic rings. The van der Waals surface area contributed by atoms with E-state index in [1.165, 1.54) is 0 Å². The van der Waals surface area contributed by atoms with E-state index in [-0.39, 0.29) is 11.8 Å². The number of ether oxygens (including phenoxy) is 2. The van der Waals surface area contributed by atoms with Crippen LogP contribution in [0.15, 0.2) is 22.6 Å². The Morgan fingerprint density at radius 1 is 1.17 bits per heavy atom. The Labute approximate surface area is 170 Å². The van der Waals surface area contributed by atoms with Crippen LogP contribution in [-0.2, 0) is 9.53 Å². The molecule has 158 valence electrons. The highest BCUT2D eigenvalue weighted by Crippen LogP contribution is 2.30. The highest BCUT2D eigenvalue weighted by atomic mass is 16.5. The van der Waals surface area contributed by atoms with Crippen LogP contribution in [0.25, 0.3) is 11.0 Å². The molecule has 1 N–H and O–H groups in total. The van der Waals surface area contributed by atoms with Gasteiger partial charge in [0.2, 0.25) is 5.91 Å². The van der Waals surface area contributed by atoms with E-state index < -0.39 is 0 Å². The van der Waals surface area contributed by atoms with Crippen molar-refractivity contribution < 1.29 is 23.5 Å². The number of nitrogens with zero attached hydrogens (tertiary/aromatic N) is 2. The van der Waals surface area contributed by atoms with Gasteiger partial charge >= 0.3 is 0 Å². The number of carbonyl (C=O) groups excluding carboxylic acids is 2. The molecule has 8 heteroatoms. The van der Waals surface area contributed by atoms with Crippen molar-refractivity contribution in [3.05, 3.63) is 29.5 Å². The number of piperazine rings is 1. The lowest BCUT2D eigenvalue weighted by Crippen LogP contribution is -2.51. The number of nitrogens with one attached hydrogen (secondary N) is 1. The second-order valence-corrected chi connectivity index (χ2v) is 7.16. The Bertz CT molecular complexity index is 855. The van der Waals surface area contributed by atoms with Crippen molar-refractivity contribution in [2.24, 2.45) is 0 Å². The average molecular weight is 403 g/mol. The first-order chi connectivity index (χ1) is 14.0. The van der Waals surface area contributed by atoms with Crippen LogP contribution in [0.3, 0.4) is 0 Å². The molecule has 1 saturated heterocycles. The Balaban J connectivity index is 1.57. The number of rotatable bonds is 8. The number of benzene rings is 1. The number of hydrogen-bond donors (Lipinski definition) is 1. The second-order valence-electron chi connectivity index (χ2n) is 7.16. The summed E-state index contributed by atoms with van der Waals surface area (Å²) in [6.45, 7) is 5.88. The maximum atomic E-state index is 13.1. The van der Waals surface area contributed by atoms with Gasteiger partial charge in [0, 0.05) is 51.8 Å². The lowest BCUT2D eigenvalue weighted by atomic mass is 10.1. The second kappa shape index (κ2) is 9.76. The van der Waals surface area contributed by atoms with Crippen LogP contribution in [0.5, 0.6) is 5.75 Å². The minimum Gasteiger partial charge on any atom is -0.497 e. The molecule has 8 nitrogen and oxygen atoms in total. The van der Waals surface area contributed by atoms with Gasteiger partial charge < -0.3 is 24.1 Å². The lowest BCUT2D eigenvalue weighted by molar-refractivity contribution is -0.122. The standard InChI is InChI=1S/C21H29N3O5/c1-15-20(17-13-16(28-3)5-6-18(17)29-15)21(26)24-10-8-23(9-11-24)14-19(25)22-7-4-12-27-2/h5-6,13H,4,7-12,14H2,1-3H3,(H,22,25). The molecule has 0 radical (unpaired) electrons. The van der Waals surface area contributed by atoms with Crippen LogP contribution in [0.1, 0.15) is 22.5 Å². The molecule has 0 spiro atoms. The van der Waals surface area contributed by atoms with Crippen LogP contribution in [-0.4, -0.2) is 81.7 Å². The number of furan rings is 1. The fraction of sp³-hybridized carbons (Fsp3) is 0.524. The van der Waals surface area contributed by atoms with Gasteiger partial charge in [-0.1, -0.05) is 0 Å². The van der Waals surface area contributed by atoms with Gasteiger partial charge in [0.15, 0.2) is 0 Å². The lowest BCUT2D eigenvalue weighted by Gasteiger charge is -2.34.